The fourth-order valence-electron chi connectivity index (χ4n) is 2.10. The van der Waals surface area contributed by atoms with Gasteiger partial charge in [0.25, 0.3) is 0 Å². The third-order valence-corrected chi connectivity index (χ3v) is 3.23. The van der Waals surface area contributed by atoms with Crippen LogP contribution in [0.15, 0.2) is 42.6 Å². The van der Waals surface area contributed by atoms with Gasteiger partial charge in [-0.3, -0.25) is 0 Å². The van der Waals surface area contributed by atoms with Crippen LogP contribution in [-0.2, 0) is 0 Å². The van der Waals surface area contributed by atoms with Gasteiger partial charge in [-0.1, -0.05) is 29.8 Å². The lowest BCUT2D eigenvalue weighted by molar-refractivity contribution is 0.0697. The first-order chi connectivity index (χ1) is 8.66. The van der Waals surface area contributed by atoms with Gasteiger partial charge in [0.2, 0.25) is 0 Å². The molecule has 1 aromatic heterocycles. The second-order valence-corrected chi connectivity index (χ2v) is 4.36. The normalized spacial score (nSPS) is 10.9. The Kier molecular flexibility index (Phi) is 2.42. The molecular weight excluding hydrogens is 250 g/mol. The van der Waals surface area contributed by atoms with Crippen LogP contribution in [0.3, 0.4) is 0 Å². The molecule has 0 aliphatic carbocycles. The Bertz CT molecular complexity index is 783. The summed E-state index contributed by atoms with van der Waals surface area (Å²) >= 11 is 6.11. The van der Waals surface area contributed by atoms with Gasteiger partial charge in [0.05, 0.1) is 5.56 Å². The highest BCUT2D eigenvalue weighted by Gasteiger charge is 2.08. The molecule has 2 aromatic carbocycles. The zero-order valence-corrected chi connectivity index (χ0v) is 9.98. The summed E-state index contributed by atoms with van der Waals surface area (Å²) in [5.41, 5.74) is 0.266. The minimum absolute atomic E-state index is 0.266. The highest BCUT2D eigenvalue weighted by molar-refractivity contribution is 6.36. The summed E-state index contributed by atoms with van der Waals surface area (Å²) in [7, 11) is 0. The molecule has 0 spiro atoms. The number of nitrogens with zero attached hydrogens (tertiary/aromatic N) is 1. The molecule has 4 heteroatoms. The van der Waals surface area contributed by atoms with Crippen molar-refractivity contribution in [2.24, 2.45) is 0 Å². The second kappa shape index (κ2) is 3.96. The van der Waals surface area contributed by atoms with Gasteiger partial charge in [0, 0.05) is 11.6 Å². The first-order valence-electron chi connectivity index (χ1n) is 5.37. The summed E-state index contributed by atoms with van der Waals surface area (Å²) in [6, 6.07) is 10.7. The molecule has 1 heterocycles. The number of carbonyl (C=O) groups is 1. The number of hydrogen-bond donors (Lipinski definition) is 1. The molecule has 0 fully saturated rings. The van der Waals surface area contributed by atoms with Crippen molar-refractivity contribution in [3.63, 3.8) is 0 Å². The molecule has 3 rings (SSSR count). The Morgan fingerprint density at radius 2 is 1.89 bits per heavy atom. The lowest BCUT2D eigenvalue weighted by atomic mass is 10.0. The van der Waals surface area contributed by atoms with Crippen LogP contribution in [0.5, 0.6) is 0 Å². The van der Waals surface area contributed by atoms with E-state index in [1.54, 1.807) is 24.4 Å². The predicted octanol–water partition coefficient (Wildman–Crippen LogP) is 3.74. The van der Waals surface area contributed by atoms with Crippen molar-refractivity contribution in [1.29, 1.82) is 0 Å². The summed E-state index contributed by atoms with van der Waals surface area (Å²) in [5.74, 6) is -0.936. The first-order valence-corrected chi connectivity index (χ1v) is 5.75. The van der Waals surface area contributed by atoms with Gasteiger partial charge >= 0.3 is 5.97 Å². The maximum Gasteiger partial charge on any atom is 0.335 e. The van der Waals surface area contributed by atoms with Crippen LogP contribution in [0.2, 0.25) is 5.15 Å². The molecule has 0 saturated heterocycles. The molecule has 3 aromatic rings. The van der Waals surface area contributed by atoms with Crippen LogP contribution in [0.4, 0.5) is 0 Å². The number of benzene rings is 2. The molecule has 0 radical (unpaired) electrons. The molecule has 0 bridgehead atoms. The van der Waals surface area contributed by atoms with E-state index >= 15 is 0 Å². The van der Waals surface area contributed by atoms with Crippen LogP contribution in [-0.4, -0.2) is 16.1 Å². The molecule has 0 aliphatic rings. The van der Waals surface area contributed by atoms with Crippen molar-refractivity contribution in [2.75, 3.05) is 0 Å². The maximum absolute atomic E-state index is 10.9. The first kappa shape index (κ1) is 11.0. The number of aromatic nitrogens is 1. The van der Waals surface area contributed by atoms with Gasteiger partial charge in [-0.25, -0.2) is 9.78 Å². The lowest BCUT2D eigenvalue weighted by Crippen LogP contribution is -1.95. The van der Waals surface area contributed by atoms with E-state index in [2.05, 4.69) is 4.98 Å². The van der Waals surface area contributed by atoms with Crippen LogP contribution >= 0.6 is 11.6 Å². The summed E-state index contributed by atoms with van der Waals surface area (Å²) in [4.78, 5) is 15.0. The summed E-state index contributed by atoms with van der Waals surface area (Å²) < 4.78 is 0. The Morgan fingerprint density at radius 3 is 2.67 bits per heavy atom. The van der Waals surface area contributed by atoms with Gasteiger partial charge in [-0.05, 0) is 34.4 Å². The number of halogens is 1. The van der Waals surface area contributed by atoms with Crippen molar-refractivity contribution >= 4 is 39.1 Å². The van der Waals surface area contributed by atoms with Gasteiger partial charge in [0.15, 0.2) is 0 Å². The van der Waals surface area contributed by atoms with E-state index in [0.29, 0.717) is 5.15 Å². The highest BCUT2D eigenvalue weighted by atomic mass is 35.5. The molecule has 3 nitrogen and oxygen atoms in total. The minimum atomic E-state index is -0.936. The van der Waals surface area contributed by atoms with Gasteiger partial charge in [-0.15, -0.1) is 0 Å². The van der Waals surface area contributed by atoms with Gasteiger partial charge in [-0.2, -0.15) is 0 Å². The van der Waals surface area contributed by atoms with E-state index in [0.717, 1.165) is 21.5 Å². The predicted molar refractivity (Wildman–Crippen MR) is 71.2 cm³/mol. The molecule has 0 aliphatic heterocycles. The van der Waals surface area contributed by atoms with E-state index in [1.807, 2.05) is 18.2 Å². The standard InChI is InChI=1S/C14H8ClNO2/c15-13-12-8(5-6-16-13)1-2-9-7-10(14(17)18)3-4-11(9)12/h1-7H,(H,17,18). The molecule has 88 valence electrons. The van der Waals surface area contributed by atoms with E-state index in [9.17, 15) is 4.79 Å². The SMILES string of the molecule is O=C(O)c1ccc2c(ccc3ccnc(Cl)c32)c1. The van der Waals surface area contributed by atoms with Crippen molar-refractivity contribution in [1.82, 2.24) is 4.98 Å². The van der Waals surface area contributed by atoms with Gasteiger partial charge in [0.1, 0.15) is 5.15 Å². The Morgan fingerprint density at radius 1 is 1.11 bits per heavy atom. The lowest BCUT2D eigenvalue weighted by Gasteiger charge is -2.05. The van der Waals surface area contributed by atoms with Crippen molar-refractivity contribution in [3.8, 4) is 0 Å². The fourth-order valence-corrected chi connectivity index (χ4v) is 2.36. The van der Waals surface area contributed by atoms with E-state index in [1.165, 1.54) is 0 Å². The molecule has 0 amide bonds. The molecule has 0 atom stereocenters. The van der Waals surface area contributed by atoms with Crippen molar-refractivity contribution < 1.29 is 9.90 Å². The molecule has 0 saturated carbocycles. The molecule has 18 heavy (non-hydrogen) atoms. The summed E-state index contributed by atoms with van der Waals surface area (Å²) in [6.07, 6.45) is 1.65. The zero-order valence-electron chi connectivity index (χ0n) is 9.22. The summed E-state index contributed by atoms with van der Waals surface area (Å²) in [6.45, 7) is 0. The highest BCUT2D eigenvalue weighted by Crippen LogP contribution is 2.30. The Hall–Kier alpha value is -2.13. The number of carboxylic acids is 1. The second-order valence-electron chi connectivity index (χ2n) is 4.01. The monoisotopic (exact) mass is 257 g/mol. The molecule has 1 N–H and O–H groups in total. The van der Waals surface area contributed by atoms with E-state index < -0.39 is 5.97 Å². The Labute approximate surface area is 108 Å². The number of aromatic carboxylic acids is 1. The smallest absolute Gasteiger partial charge is 0.335 e. The van der Waals surface area contributed by atoms with Crippen LogP contribution < -0.4 is 0 Å². The largest absolute Gasteiger partial charge is 0.478 e. The third-order valence-electron chi connectivity index (χ3n) is 2.95. The number of rotatable bonds is 1. The number of fused-ring (bicyclic) bond motifs is 3. The Balaban J connectivity index is 2.45. The van der Waals surface area contributed by atoms with E-state index in [4.69, 9.17) is 16.7 Å². The molecule has 0 unspecified atom stereocenters. The van der Waals surface area contributed by atoms with Crippen molar-refractivity contribution in [2.45, 2.75) is 0 Å². The summed E-state index contributed by atoms with van der Waals surface area (Å²) in [5, 5.41) is 13.0. The number of hydrogen-bond acceptors (Lipinski definition) is 2. The molecular formula is C14H8ClNO2. The maximum atomic E-state index is 10.9. The van der Waals surface area contributed by atoms with E-state index in [-0.39, 0.29) is 5.56 Å². The van der Waals surface area contributed by atoms with Crippen LogP contribution in [0.1, 0.15) is 10.4 Å². The number of carboxylic acid groups (broad SMARTS) is 1. The van der Waals surface area contributed by atoms with Crippen molar-refractivity contribution in [3.05, 3.63) is 53.3 Å². The average molecular weight is 258 g/mol. The topological polar surface area (TPSA) is 50.2 Å². The van der Waals surface area contributed by atoms with Gasteiger partial charge < -0.3 is 5.11 Å². The quantitative estimate of drug-likeness (QED) is 0.534. The third kappa shape index (κ3) is 1.60. The van der Waals surface area contributed by atoms with Crippen LogP contribution in [0.25, 0.3) is 21.5 Å². The fraction of sp³-hybridized carbons (Fsp3) is 0. The zero-order chi connectivity index (χ0) is 12.7. The van der Waals surface area contributed by atoms with Crippen LogP contribution in [0, 0.1) is 0 Å². The number of pyridine rings is 1. The minimum Gasteiger partial charge on any atom is -0.478 e. The average Bonchev–Trinajstić information content (AvgIpc) is 2.37.